The van der Waals surface area contributed by atoms with Crippen molar-refractivity contribution in [3.8, 4) is 0 Å². The van der Waals surface area contributed by atoms with Gasteiger partial charge in [-0.15, -0.1) is 0 Å². The summed E-state index contributed by atoms with van der Waals surface area (Å²) in [6.45, 7) is 0. The third kappa shape index (κ3) is 3.38. The predicted molar refractivity (Wildman–Crippen MR) is 68.1 cm³/mol. The summed E-state index contributed by atoms with van der Waals surface area (Å²) < 4.78 is 13.9. The molecule has 4 heteroatoms. The topological polar surface area (TPSA) is 12.0 Å². The van der Waals surface area contributed by atoms with Crippen LogP contribution in [0.15, 0.2) is 22.7 Å². The molecule has 1 heterocycles. The lowest BCUT2D eigenvalue weighted by Crippen LogP contribution is -2.25. The number of thioether (sulfide) groups is 1. The molecule has 15 heavy (non-hydrogen) atoms. The van der Waals surface area contributed by atoms with E-state index in [1.807, 2.05) is 17.8 Å². The third-order valence-electron chi connectivity index (χ3n) is 2.39. The van der Waals surface area contributed by atoms with Crippen LogP contribution in [0.25, 0.3) is 0 Å². The minimum Gasteiger partial charge on any atom is -0.381 e. The van der Waals surface area contributed by atoms with Gasteiger partial charge in [0, 0.05) is 22.0 Å². The number of halogens is 2. The van der Waals surface area contributed by atoms with Crippen molar-refractivity contribution in [1.29, 1.82) is 0 Å². The van der Waals surface area contributed by atoms with E-state index in [1.54, 1.807) is 6.07 Å². The Morgan fingerprint density at radius 2 is 2.27 bits per heavy atom. The van der Waals surface area contributed by atoms with E-state index in [2.05, 4.69) is 21.2 Å². The Morgan fingerprint density at radius 1 is 1.40 bits per heavy atom. The summed E-state index contributed by atoms with van der Waals surface area (Å²) in [6.07, 6.45) is 2.43. The van der Waals surface area contributed by atoms with E-state index in [4.69, 9.17) is 0 Å². The Morgan fingerprint density at radius 3 is 2.93 bits per heavy atom. The zero-order chi connectivity index (χ0) is 10.7. The molecule has 2 rings (SSSR count). The molecule has 1 unspecified atom stereocenters. The molecular weight excluding hydrogens is 277 g/mol. The second-order valence-corrected chi connectivity index (χ2v) is 5.78. The summed E-state index contributed by atoms with van der Waals surface area (Å²) in [5, 5.41) is 3.37. The van der Waals surface area contributed by atoms with Gasteiger partial charge in [0.2, 0.25) is 0 Å². The van der Waals surface area contributed by atoms with Gasteiger partial charge in [-0.1, -0.05) is 15.9 Å². The summed E-state index contributed by atoms with van der Waals surface area (Å²) in [4.78, 5) is 0. The summed E-state index contributed by atoms with van der Waals surface area (Å²) in [7, 11) is 0. The van der Waals surface area contributed by atoms with E-state index in [1.165, 1.54) is 24.7 Å². The maximum absolute atomic E-state index is 13.1. The molecule has 1 N–H and O–H groups in total. The van der Waals surface area contributed by atoms with Crippen LogP contribution in [-0.2, 0) is 0 Å². The fraction of sp³-hybridized carbons (Fsp3) is 0.455. The lowest BCUT2D eigenvalue weighted by atomic mass is 10.1. The van der Waals surface area contributed by atoms with Gasteiger partial charge < -0.3 is 5.32 Å². The van der Waals surface area contributed by atoms with Gasteiger partial charge in [-0.05, 0) is 36.8 Å². The van der Waals surface area contributed by atoms with Crippen LogP contribution in [-0.4, -0.2) is 17.5 Å². The molecule has 1 aliphatic rings. The minimum atomic E-state index is -0.199. The number of hydrogen-bond donors (Lipinski definition) is 1. The molecule has 0 amide bonds. The zero-order valence-corrected chi connectivity index (χ0v) is 10.7. The second kappa shape index (κ2) is 5.21. The van der Waals surface area contributed by atoms with Gasteiger partial charge in [0.15, 0.2) is 0 Å². The standard InChI is InChI=1S/C11H13BrFNS/c12-8-4-9(13)6-11(5-8)14-10-2-1-3-15-7-10/h4-6,10,14H,1-3,7H2. The quantitative estimate of drug-likeness (QED) is 0.886. The maximum Gasteiger partial charge on any atom is 0.126 e. The third-order valence-corrected chi connectivity index (χ3v) is 4.07. The molecule has 0 aromatic heterocycles. The molecular formula is C11H13BrFNS. The van der Waals surface area contributed by atoms with Crippen molar-refractivity contribution in [2.45, 2.75) is 18.9 Å². The van der Waals surface area contributed by atoms with Crippen LogP contribution in [0.4, 0.5) is 10.1 Å². The molecule has 1 aromatic rings. The molecule has 1 aromatic carbocycles. The first-order valence-corrected chi connectivity index (χ1v) is 6.99. The van der Waals surface area contributed by atoms with Crippen LogP contribution in [0.2, 0.25) is 0 Å². The second-order valence-electron chi connectivity index (χ2n) is 3.72. The van der Waals surface area contributed by atoms with Gasteiger partial charge in [0.25, 0.3) is 0 Å². The highest BCUT2D eigenvalue weighted by Crippen LogP contribution is 2.23. The lowest BCUT2D eigenvalue weighted by Gasteiger charge is -2.23. The number of nitrogens with one attached hydrogen (secondary N) is 1. The summed E-state index contributed by atoms with van der Waals surface area (Å²) in [5.41, 5.74) is 0.870. The lowest BCUT2D eigenvalue weighted by molar-refractivity contribution is 0.626. The Hall–Kier alpha value is -0.220. The molecule has 0 bridgehead atoms. The minimum absolute atomic E-state index is 0.199. The van der Waals surface area contributed by atoms with Crippen LogP contribution in [0.3, 0.4) is 0 Å². The number of benzene rings is 1. The number of anilines is 1. The fourth-order valence-electron chi connectivity index (χ4n) is 1.73. The van der Waals surface area contributed by atoms with Crippen molar-refractivity contribution < 1.29 is 4.39 Å². The first-order chi connectivity index (χ1) is 7.24. The predicted octanol–water partition coefficient (Wildman–Crippen LogP) is 3.90. The van der Waals surface area contributed by atoms with Gasteiger partial charge >= 0.3 is 0 Å². The molecule has 1 atom stereocenters. The average Bonchev–Trinajstić information content (AvgIpc) is 2.17. The first kappa shape index (κ1) is 11.3. The van der Waals surface area contributed by atoms with E-state index in [0.29, 0.717) is 6.04 Å². The largest absolute Gasteiger partial charge is 0.381 e. The number of hydrogen-bond acceptors (Lipinski definition) is 2. The van der Waals surface area contributed by atoms with E-state index < -0.39 is 0 Å². The normalized spacial score (nSPS) is 21.3. The smallest absolute Gasteiger partial charge is 0.126 e. The molecule has 1 aliphatic heterocycles. The Labute approximate surface area is 102 Å². The Bertz CT molecular complexity index is 319. The van der Waals surface area contributed by atoms with E-state index >= 15 is 0 Å². The maximum atomic E-state index is 13.1. The van der Waals surface area contributed by atoms with Crippen LogP contribution in [0.1, 0.15) is 12.8 Å². The van der Waals surface area contributed by atoms with E-state index in [9.17, 15) is 4.39 Å². The highest BCUT2D eigenvalue weighted by atomic mass is 79.9. The molecule has 0 saturated carbocycles. The van der Waals surface area contributed by atoms with Gasteiger partial charge in [-0.3, -0.25) is 0 Å². The van der Waals surface area contributed by atoms with Crippen LogP contribution in [0, 0.1) is 5.82 Å². The summed E-state index contributed by atoms with van der Waals surface area (Å²) in [6, 6.07) is 5.42. The van der Waals surface area contributed by atoms with Crippen molar-refractivity contribution in [3.63, 3.8) is 0 Å². The molecule has 82 valence electrons. The van der Waals surface area contributed by atoms with Crippen LogP contribution in [0.5, 0.6) is 0 Å². The van der Waals surface area contributed by atoms with Crippen molar-refractivity contribution in [1.82, 2.24) is 0 Å². The Kier molecular flexibility index (Phi) is 3.92. The summed E-state index contributed by atoms with van der Waals surface area (Å²) >= 11 is 5.26. The zero-order valence-electron chi connectivity index (χ0n) is 8.30. The number of rotatable bonds is 2. The van der Waals surface area contributed by atoms with Crippen molar-refractivity contribution in [2.75, 3.05) is 16.8 Å². The van der Waals surface area contributed by atoms with Crippen molar-refractivity contribution >= 4 is 33.4 Å². The Balaban J connectivity index is 2.02. The van der Waals surface area contributed by atoms with E-state index in [0.717, 1.165) is 15.9 Å². The molecule has 1 nitrogen and oxygen atoms in total. The summed E-state index contributed by atoms with van der Waals surface area (Å²) in [5.74, 6) is 2.18. The molecule has 0 radical (unpaired) electrons. The molecule has 1 fully saturated rings. The van der Waals surface area contributed by atoms with Gasteiger partial charge in [-0.25, -0.2) is 4.39 Å². The molecule has 1 saturated heterocycles. The highest BCUT2D eigenvalue weighted by Gasteiger charge is 2.13. The monoisotopic (exact) mass is 289 g/mol. The van der Waals surface area contributed by atoms with Crippen LogP contribution >= 0.6 is 27.7 Å². The highest BCUT2D eigenvalue weighted by molar-refractivity contribution is 9.10. The van der Waals surface area contributed by atoms with Crippen LogP contribution < -0.4 is 5.32 Å². The van der Waals surface area contributed by atoms with Crippen molar-refractivity contribution in [3.05, 3.63) is 28.5 Å². The molecule has 0 spiro atoms. The first-order valence-electron chi connectivity index (χ1n) is 5.04. The van der Waals surface area contributed by atoms with Gasteiger partial charge in [-0.2, -0.15) is 11.8 Å². The van der Waals surface area contributed by atoms with Crippen molar-refractivity contribution in [2.24, 2.45) is 0 Å². The fourth-order valence-corrected chi connectivity index (χ4v) is 3.26. The van der Waals surface area contributed by atoms with Gasteiger partial charge in [0.05, 0.1) is 0 Å². The molecule has 0 aliphatic carbocycles. The van der Waals surface area contributed by atoms with Gasteiger partial charge in [0.1, 0.15) is 5.82 Å². The van der Waals surface area contributed by atoms with E-state index in [-0.39, 0.29) is 5.82 Å². The average molecular weight is 290 g/mol. The SMILES string of the molecule is Fc1cc(Br)cc(NC2CCCSC2)c1.